The molecule has 3 aromatic rings. The molecule has 0 radical (unpaired) electrons. The lowest BCUT2D eigenvalue weighted by atomic mass is 10.2. The summed E-state index contributed by atoms with van der Waals surface area (Å²) in [6.45, 7) is 0.755. The molecule has 0 spiro atoms. The summed E-state index contributed by atoms with van der Waals surface area (Å²) in [7, 11) is 0. The number of rotatable bonds is 8. The molecule has 0 aliphatic carbocycles. The SMILES string of the molecule is NCCCCCc1n[nH]c(Cc2cnn(-c3ccccc3)c2)n1. The number of unbranched alkanes of at least 4 members (excludes halogenated alkanes) is 2. The van der Waals surface area contributed by atoms with Gasteiger partial charge in [-0.25, -0.2) is 9.67 Å². The van der Waals surface area contributed by atoms with Gasteiger partial charge in [0.25, 0.3) is 0 Å². The van der Waals surface area contributed by atoms with E-state index in [9.17, 15) is 0 Å². The molecule has 0 unspecified atom stereocenters. The van der Waals surface area contributed by atoms with Gasteiger partial charge in [-0.3, -0.25) is 5.10 Å². The van der Waals surface area contributed by atoms with Crippen molar-refractivity contribution in [3.05, 3.63) is 59.9 Å². The van der Waals surface area contributed by atoms with E-state index < -0.39 is 0 Å². The molecule has 0 aliphatic rings. The number of aryl methyl sites for hydroxylation is 1. The minimum atomic E-state index is 0.711. The van der Waals surface area contributed by atoms with Gasteiger partial charge in [0.1, 0.15) is 5.82 Å². The average molecular weight is 310 g/mol. The summed E-state index contributed by atoms with van der Waals surface area (Å²) in [5.74, 6) is 1.76. The summed E-state index contributed by atoms with van der Waals surface area (Å²) in [5.41, 5.74) is 7.66. The molecule has 0 amide bonds. The maximum absolute atomic E-state index is 5.50. The summed E-state index contributed by atoms with van der Waals surface area (Å²) >= 11 is 0. The Labute approximate surface area is 135 Å². The van der Waals surface area contributed by atoms with Gasteiger partial charge in [-0.05, 0) is 37.1 Å². The van der Waals surface area contributed by atoms with Crippen molar-refractivity contribution in [1.82, 2.24) is 25.0 Å². The van der Waals surface area contributed by atoms with Crippen LogP contribution in [0.25, 0.3) is 5.69 Å². The lowest BCUT2D eigenvalue weighted by Crippen LogP contribution is -1.98. The minimum Gasteiger partial charge on any atom is -0.330 e. The van der Waals surface area contributed by atoms with Crippen molar-refractivity contribution in [2.75, 3.05) is 6.54 Å². The molecule has 1 aromatic carbocycles. The number of benzene rings is 1. The monoisotopic (exact) mass is 310 g/mol. The number of nitrogens with zero attached hydrogens (tertiary/aromatic N) is 4. The van der Waals surface area contributed by atoms with Crippen molar-refractivity contribution >= 4 is 0 Å². The highest BCUT2D eigenvalue weighted by Crippen LogP contribution is 2.10. The van der Waals surface area contributed by atoms with Gasteiger partial charge in [0.05, 0.1) is 11.9 Å². The second kappa shape index (κ2) is 7.69. The van der Waals surface area contributed by atoms with Crippen LogP contribution in [0, 0.1) is 0 Å². The Balaban J connectivity index is 1.58. The fourth-order valence-corrected chi connectivity index (χ4v) is 2.50. The molecular formula is C17H22N6. The summed E-state index contributed by atoms with van der Waals surface area (Å²) in [4.78, 5) is 4.55. The van der Waals surface area contributed by atoms with Crippen molar-refractivity contribution in [3.8, 4) is 5.69 Å². The van der Waals surface area contributed by atoms with Gasteiger partial charge >= 0.3 is 0 Å². The third kappa shape index (κ3) is 4.26. The third-order valence-corrected chi connectivity index (χ3v) is 3.71. The molecule has 120 valence electrons. The van der Waals surface area contributed by atoms with E-state index in [1.807, 2.05) is 47.4 Å². The van der Waals surface area contributed by atoms with Crippen LogP contribution in [-0.2, 0) is 12.8 Å². The lowest BCUT2D eigenvalue weighted by Gasteiger charge is -1.98. The normalized spacial score (nSPS) is 11.0. The van der Waals surface area contributed by atoms with Crippen LogP contribution in [0.4, 0.5) is 0 Å². The molecule has 2 heterocycles. The van der Waals surface area contributed by atoms with Crippen molar-refractivity contribution in [1.29, 1.82) is 0 Å². The number of nitrogens with two attached hydrogens (primary N) is 1. The van der Waals surface area contributed by atoms with E-state index in [2.05, 4.69) is 20.3 Å². The van der Waals surface area contributed by atoms with E-state index in [-0.39, 0.29) is 0 Å². The van der Waals surface area contributed by atoms with Crippen LogP contribution in [0.3, 0.4) is 0 Å². The van der Waals surface area contributed by atoms with E-state index in [0.29, 0.717) is 6.42 Å². The predicted octanol–water partition coefficient (Wildman–Crippen LogP) is 2.25. The van der Waals surface area contributed by atoms with Crippen LogP contribution in [0.15, 0.2) is 42.7 Å². The van der Waals surface area contributed by atoms with Crippen LogP contribution < -0.4 is 5.73 Å². The van der Waals surface area contributed by atoms with Crippen LogP contribution in [-0.4, -0.2) is 31.5 Å². The molecular weight excluding hydrogens is 288 g/mol. The fraction of sp³-hybridized carbons (Fsp3) is 0.353. The summed E-state index contributed by atoms with van der Waals surface area (Å²) in [6.07, 6.45) is 8.79. The number of nitrogens with one attached hydrogen (secondary N) is 1. The number of hydrogen-bond acceptors (Lipinski definition) is 4. The van der Waals surface area contributed by atoms with Crippen LogP contribution in [0.2, 0.25) is 0 Å². The highest BCUT2D eigenvalue weighted by Gasteiger charge is 2.07. The van der Waals surface area contributed by atoms with E-state index in [1.54, 1.807) is 0 Å². The number of para-hydroxylation sites is 1. The number of hydrogen-bond donors (Lipinski definition) is 2. The second-order valence-electron chi connectivity index (χ2n) is 5.60. The fourth-order valence-electron chi connectivity index (χ4n) is 2.50. The quantitative estimate of drug-likeness (QED) is 0.625. The van der Waals surface area contributed by atoms with Crippen LogP contribution in [0.1, 0.15) is 36.5 Å². The zero-order valence-electron chi connectivity index (χ0n) is 13.2. The molecule has 6 heteroatoms. The number of aromatic nitrogens is 5. The van der Waals surface area contributed by atoms with E-state index in [0.717, 1.165) is 55.1 Å². The second-order valence-corrected chi connectivity index (χ2v) is 5.60. The average Bonchev–Trinajstić information content (AvgIpc) is 3.23. The van der Waals surface area contributed by atoms with Crippen molar-refractivity contribution < 1.29 is 0 Å². The van der Waals surface area contributed by atoms with E-state index in [4.69, 9.17) is 5.73 Å². The first-order valence-corrected chi connectivity index (χ1v) is 8.04. The van der Waals surface area contributed by atoms with Gasteiger partial charge in [-0.15, -0.1) is 0 Å². The molecule has 6 nitrogen and oxygen atoms in total. The Morgan fingerprint density at radius 3 is 2.78 bits per heavy atom. The molecule has 0 saturated carbocycles. The van der Waals surface area contributed by atoms with Gasteiger partial charge in [-0.1, -0.05) is 24.6 Å². The topological polar surface area (TPSA) is 85.4 Å². The maximum Gasteiger partial charge on any atom is 0.150 e. The van der Waals surface area contributed by atoms with Crippen molar-refractivity contribution in [2.45, 2.75) is 32.1 Å². The molecule has 0 bridgehead atoms. The molecule has 3 N–H and O–H groups in total. The zero-order valence-corrected chi connectivity index (χ0v) is 13.2. The lowest BCUT2D eigenvalue weighted by molar-refractivity contribution is 0.670. The Hall–Kier alpha value is -2.47. The van der Waals surface area contributed by atoms with E-state index >= 15 is 0 Å². The molecule has 23 heavy (non-hydrogen) atoms. The first-order chi connectivity index (χ1) is 11.3. The standard InChI is InChI=1S/C17H22N6/c18-10-6-2-5-9-16-20-17(22-21-16)11-14-12-19-23(13-14)15-7-3-1-4-8-15/h1,3-4,7-8,12-13H,2,5-6,9-11,18H2,(H,20,21,22). The maximum atomic E-state index is 5.50. The minimum absolute atomic E-state index is 0.711. The first kappa shape index (κ1) is 15.4. The smallest absolute Gasteiger partial charge is 0.150 e. The molecule has 0 saturated heterocycles. The Morgan fingerprint density at radius 1 is 1.09 bits per heavy atom. The highest BCUT2D eigenvalue weighted by molar-refractivity contribution is 5.31. The molecule has 3 rings (SSSR count). The van der Waals surface area contributed by atoms with Gasteiger partial charge < -0.3 is 5.73 Å². The zero-order chi connectivity index (χ0) is 15.9. The predicted molar refractivity (Wildman–Crippen MR) is 89.4 cm³/mol. The molecule has 0 aliphatic heterocycles. The highest BCUT2D eigenvalue weighted by atomic mass is 15.3. The van der Waals surface area contributed by atoms with Crippen LogP contribution >= 0.6 is 0 Å². The van der Waals surface area contributed by atoms with Crippen molar-refractivity contribution in [2.24, 2.45) is 5.73 Å². The number of H-pyrrole nitrogens is 1. The molecule has 2 aromatic heterocycles. The van der Waals surface area contributed by atoms with Gasteiger partial charge in [0, 0.05) is 19.0 Å². The molecule has 0 atom stereocenters. The summed E-state index contributed by atoms with van der Waals surface area (Å²) in [5, 5.41) is 11.7. The molecule has 0 fully saturated rings. The van der Waals surface area contributed by atoms with Gasteiger partial charge in [-0.2, -0.15) is 10.2 Å². The third-order valence-electron chi connectivity index (χ3n) is 3.71. The van der Waals surface area contributed by atoms with Crippen molar-refractivity contribution in [3.63, 3.8) is 0 Å². The summed E-state index contributed by atoms with van der Waals surface area (Å²) < 4.78 is 1.87. The largest absolute Gasteiger partial charge is 0.330 e. The Kier molecular flexibility index (Phi) is 5.16. The summed E-state index contributed by atoms with van der Waals surface area (Å²) in [6, 6.07) is 10.1. The Morgan fingerprint density at radius 2 is 1.96 bits per heavy atom. The van der Waals surface area contributed by atoms with E-state index in [1.165, 1.54) is 0 Å². The van der Waals surface area contributed by atoms with Gasteiger partial charge in [0.2, 0.25) is 0 Å². The van der Waals surface area contributed by atoms with Gasteiger partial charge in [0.15, 0.2) is 5.82 Å². The first-order valence-electron chi connectivity index (χ1n) is 8.04. The van der Waals surface area contributed by atoms with Crippen LogP contribution in [0.5, 0.6) is 0 Å². The Bertz CT molecular complexity index is 716. The number of aromatic amines is 1.